The number of ether oxygens (including phenoxy) is 1. The van der Waals surface area contributed by atoms with Crippen LogP contribution in [0.3, 0.4) is 0 Å². The monoisotopic (exact) mass is 430 g/mol. The topological polar surface area (TPSA) is 75.7 Å². The number of anilines is 2. The molecule has 3 aromatic rings. The van der Waals surface area contributed by atoms with E-state index in [1.807, 2.05) is 36.4 Å². The van der Waals surface area contributed by atoms with Crippen molar-refractivity contribution in [1.82, 2.24) is 0 Å². The molecule has 0 bridgehead atoms. The zero-order valence-corrected chi connectivity index (χ0v) is 17.0. The van der Waals surface area contributed by atoms with Gasteiger partial charge in [-0.3, -0.25) is 9.10 Å². The van der Waals surface area contributed by atoms with Crippen LogP contribution in [0.15, 0.2) is 60.7 Å². The molecule has 0 aliphatic carbocycles. The molecular formula is C21H19ClN2O4S. The van der Waals surface area contributed by atoms with Crippen molar-refractivity contribution < 1.29 is 17.9 Å². The van der Waals surface area contributed by atoms with Gasteiger partial charge in [-0.25, -0.2) is 8.42 Å². The third-order valence-electron chi connectivity index (χ3n) is 4.70. The lowest BCUT2D eigenvalue weighted by atomic mass is 10.1. The van der Waals surface area contributed by atoms with Crippen molar-refractivity contribution in [3.05, 3.63) is 65.7 Å². The van der Waals surface area contributed by atoms with E-state index in [0.29, 0.717) is 35.1 Å². The highest BCUT2D eigenvalue weighted by atomic mass is 35.5. The Morgan fingerprint density at radius 3 is 2.62 bits per heavy atom. The summed E-state index contributed by atoms with van der Waals surface area (Å²) in [6.07, 6.45) is 0.576. The Kier molecular flexibility index (Phi) is 5.34. The summed E-state index contributed by atoms with van der Waals surface area (Å²) < 4.78 is 31.2. The van der Waals surface area contributed by atoms with E-state index in [2.05, 4.69) is 5.32 Å². The molecule has 0 radical (unpaired) electrons. The summed E-state index contributed by atoms with van der Waals surface area (Å²) in [5, 5.41) is 5.12. The molecule has 1 fully saturated rings. The molecule has 150 valence electrons. The lowest BCUT2D eigenvalue weighted by molar-refractivity contribution is -0.118. The second-order valence-corrected chi connectivity index (χ2v) is 9.17. The molecule has 0 aromatic heterocycles. The van der Waals surface area contributed by atoms with Gasteiger partial charge in [0.1, 0.15) is 5.75 Å². The molecule has 1 N–H and O–H groups in total. The van der Waals surface area contributed by atoms with Gasteiger partial charge in [-0.1, -0.05) is 41.9 Å². The number of nitrogens with one attached hydrogen (secondary N) is 1. The molecule has 1 aliphatic heterocycles. The van der Waals surface area contributed by atoms with E-state index in [1.165, 1.54) is 4.31 Å². The molecule has 1 heterocycles. The first-order valence-corrected chi connectivity index (χ1v) is 11.1. The van der Waals surface area contributed by atoms with Gasteiger partial charge in [-0.05, 0) is 47.5 Å². The summed E-state index contributed by atoms with van der Waals surface area (Å²) in [5.74, 6) is 0.319. The first-order valence-electron chi connectivity index (χ1n) is 9.14. The Hall–Kier alpha value is -2.77. The minimum atomic E-state index is -3.31. The first kappa shape index (κ1) is 19.5. The van der Waals surface area contributed by atoms with Crippen molar-refractivity contribution in [2.24, 2.45) is 0 Å². The highest BCUT2D eigenvalue weighted by molar-refractivity contribution is 7.93. The Balaban J connectivity index is 1.44. The molecule has 1 amide bonds. The van der Waals surface area contributed by atoms with Crippen molar-refractivity contribution in [3.8, 4) is 5.75 Å². The maximum absolute atomic E-state index is 12.3. The van der Waals surface area contributed by atoms with E-state index in [1.54, 1.807) is 24.3 Å². The number of sulfonamides is 1. The molecule has 6 nitrogen and oxygen atoms in total. The van der Waals surface area contributed by atoms with Crippen molar-refractivity contribution in [2.45, 2.75) is 6.42 Å². The number of hydrogen-bond acceptors (Lipinski definition) is 4. The molecule has 0 spiro atoms. The predicted octanol–water partition coefficient (Wildman–Crippen LogP) is 4.05. The van der Waals surface area contributed by atoms with Crippen LogP contribution in [0.4, 0.5) is 11.4 Å². The van der Waals surface area contributed by atoms with E-state index in [4.69, 9.17) is 16.3 Å². The maximum atomic E-state index is 12.3. The van der Waals surface area contributed by atoms with E-state index < -0.39 is 10.0 Å². The number of fused-ring (bicyclic) bond motifs is 1. The fraction of sp³-hybridized carbons (Fsp3) is 0.190. The Labute approximate surface area is 174 Å². The van der Waals surface area contributed by atoms with Crippen molar-refractivity contribution in [3.63, 3.8) is 0 Å². The lowest BCUT2D eigenvalue weighted by Crippen LogP contribution is -2.25. The van der Waals surface area contributed by atoms with Crippen molar-refractivity contribution in [2.75, 3.05) is 28.5 Å². The van der Waals surface area contributed by atoms with Crippen LogP contribution in [0.5, 0.6) is 5.75 Å². The minimum absolute atomic E-state index is 0.122. The average molecular weight is 431 g/mol. The molecule has 3 aromatic carbocycles. The highest BCUT2D eigenvalue weighted by Gasteiger charge is 2.28. The van der Waals surface area contributed by atoms with Crippen LogP contribution < -0.4 is 14.4 Å². The van der Waals surface area contributed by atoms with E-state index >= 15 is 0 Å². The third-order valence-corrected chi connectivity index (χ3v) is 6.90. The molecular weight excluding hydrogens is 412 g/mol. The summed E-state index contributed by atoms with van der Waals surface area (Å²) in [4.78, 5) is 12.3. The zero-order valence-electron chi connectivity index (χ0n) is 15.5. The van der Waals surface area contributed by atoms with Gasteiger partial charge >= 0.3 is 0 Å². The molecule has 0 saturated carbocycles. The SMILES string of the molecule is O=C(COc1ccc2ccccc2c1)Nc1cc(N2CCCS2(=O)=O)ccc1Cl. The Morgan fingerprint density at radius 1 is 1.07 bits per heavy atom. The van der Waals surface area contributed by atoms with Gasteiger partial charge in [0.2, 0.25) is 10.0 Å². The Bertz CT molecular complexity index is 1180. The van der Waals surface area contributed by atoms with Gasteiger partial charge in [0.05, 0.1) is 22.2 Å². The number of nitrogens with zero attached hydrogens (tertiary/aromatic N) is 1. The summed E-state index contributed by atoms with van der Waals surface area (Å²) in [7, 11) is -3.31. The molecule has 8 heteroatoms. The summed E-state index contributed by atoms with van der Waals surface area (Å²) >= 11 is 6.18. The van der Waals surface area contributed by atoms with Gasteiger partial charge in [-0.15, -0.1) is 0 Å². The molecule has 0 unspecified atom stereocenters. The van der Waals surface area contributed by atoms with Crippen LogP contribution in [0.25, 0.3) is 10.8 Å². The van der Waals surface area contributed by atoms with Crippen molar-refractivity contribution >= 4 is 49.7 Å². The fourth-order valence-corrected chi connectivity index (χ4v) is 5.01. The van der Waals surface area contributed by atoms with Crippen LogP contribution in [0.1, 0.15) is 6.42 Å². The van der Waals surface area contributed by atoms with Gasteiger partial charge < -0.3 is 10.1 Å². The average Bonchev–Trinajstić information content (AvgIpc) is 3.07. The van der Waals surface area contributed by atoms with Crippen LogP contribution in [0.2, 0.25) is 5.02 Å². The highest BCUT2D eigenvalue weighted by Crippen LogP contribution is 2.31. The van der Waals surface area contributed by atoms with Gasteiger partial charge in [0.25, 0.3) is 5.91 Å². The first-order chi connectivity index (χ1) is 13.9. The van der Waals surface area contributed by atoms with E-state index in [-0.39, 0.29) is 18.3 Å². The second-order valence-electron chi connectivity index (χ2n) is 6.75. The fourth-order valence-electron chi connectivity index (χ4n) is 3.29. The number of benzene rings is 3. The predicted molar refractivity (Wildman–Crippen MR) is 115 cm³/mol. The normalized spacial score (nSPS) is 15.4. The summed E-state index contributed by atoms with van der Waals surface area (Å²) in [5.41, 5.74) is 0.830. The lowest BCUT2D eigenvalue weighted by Gasteiger charge is -2.18. The van der Waals surface area contributed by atoms with Gasteiger partial charge in [-0.2, -0.15) is 0 Å². The van der Waals surface area contributed by atoms with E-state index in [9.17, 15) is 13.2 Å². The maximum Gasteiger partial charge on any atom is 0.262 e. The molecule has 1 aliphatic rings. The summed E-state index contributed by atoms with van der Waals surface area (Å²) in [6, 6.07) is 18.3. The Morgan fingerprint density at radius 2 is 1.86 bits per heavy atom. The number of hydrogen-bond donors (Lipinski definition) is 1. The van der Waals surface area contributed by atoms with Crippen LogP contribution in [-0.2, 0) is 14.8 Å². The molecule has 4 rings (SSSR count). The van der Waals surface area contributed by atoms with Crippen LogP contribution in [0, 0.1) is 0 Å². The number of carbonyl (C=O) groups is 1. The smallest absolute Gasteiger partial charge is 0.262 e. The third kappa shape index (κ3) is 4.31. The van der Waals surface area contributed by atoms with Crippen LogP contribution in [-0.4, -0.2) is 33.2 Å². The number of carbonyl (C=O) groups excluding carboxylic acids is 1. The molecule has 0 atom stereocenters. The van der Waals surface area contributed by atoms with E-state index in [0.717, 1.165) is 10.8 Å². The number of rotatable bonds is 5. The second kappa shape index (κ2) is 7.93. The number of amides is 1. The van der Waals surface area contributed by atoms with Gasteiger partial charge in [0.15, 0.2) is 6.61 Å². The van der Waals surface area contributed by atoms with Crippen LogP contribution >= 0.6 is 11.6 Å². The van der Waals surface area contributed by atoms with Crippen molar-refractivity contribution in [1.29, 1.82) is 0 Å². The molecule has 29 heavy (non-hydrogen) atoms. The molecule has 1 saturated heterocycles. The zero-order chi connectivity index (χ0) is 20.4. The summed E-state index contributed by atoms with van der Waals surface area (Å²) in [6.45, 7) is 0.226. The number of halogens is 1. The van der Waals surface area contributed by atoms with Gasteiger partial charge in [0, 0.05) is 6.54 Å². The minimum Gasteiger partial charge on any atom is -0.484 e. The standard InChI is InChI=1S/C21H19ClN2O4S/c22-19-9-7-17(24-10-3-11-29(24,26)27)13-20(19)23-21(25)14-28-18-8-6-15-4-1-2-5-16(15)12-18/h1-2,4-9,12-13H,3,10-11,14H2,(H,23,25). The largest absolute Gasteiger partial charge is 0.484 e. The quantitative estimate of drug-likeness (QED) is 0.662.